The van der Waals surface area contributed by atoms with Gasteiger partial charge in [0.1, 0.15) is 14.7 Å². The zero-order chi connectivity index (χ0) is 17.8. The van der Waals surface area contributed by atoms with Crippen molar-refractivity contribution in [3.05, 3.63) is 17.9 Å². The van der Waals surface area contributed by atoms with Gasteiger partial charge < -0.3 is 9.15 Å². The fourth-order valence-electron chi connectivity index (χ4n) is 2.66. The highest BCUT2D eigenvalue weighted by Gasteiger charge is 2.21. The Kier molecular flexibility index (Phi) is 10.1. The van der Waals surface area contributed by atoms with E-state index in [-0.39, 0.29) is 5.97 Å². The second-order valence-corrected chi connectivity index (χ2v) is 12.8. The van der Waals surface area contributed by atoms with Gasteiger partial charge in [0.25, 0.3) is 0 Å². The molecule has 138 valence electrons. The monoisotopic (exact) mass is 352 g/mol. The molecule has 24 heavy (non-hydrogen) atoms. The SMILES string of the molecule is CCCCCCCCCCCC(=O)OCc1coc([Si](C)(C)C)c1. The van der Waals surface area contributed by atoms with E-state index in [0.29, 0.717) is 13.0 Å². The lowest BCUT2D eigenvalue weighted by molar-refractivity contribution is -0.145. The van der Waals surface area contributed by atoms with Crippen molar-refractivity contribution in [1.29, 1.82) is 0 Å². The van der Waals surface area contributed by atoms with Crippen LogP contribution in [0.25, 0.3) is 0 Å². The molecule has 1 heterocycles. The molecule has 0 aromatic carbocycles. The normalized spacial score (nSPS) is 11.7. The first-order valence-corrected chi connectivity index (χ1v) is 13.2. The molecule has 0 fully saturated rings. The maximum absolute atomic E-state index is 11.8. The van der Waals surface area contributed by atoms with Gasteiger partial charge in [0.15, 0.2) is 0 Å². The Hall–Kier alpha value is -1.03. The molecule has 0 aliphatic rings. The summed E-state index contributed by atoms with van der Waals surface area (Å²) >= 11 is 0. The van der Waals surface area contributed by atoms with Gasteiger partial charge in [0, 0.05) is 12.0 Å². The van der Waals surface area contributed by atoms with Crippen LogP contribution in [0, 0.1) is 0 Å². The van der Waals surface area contributed by atoms with Gasteiger partial charge in [-0.25, -0.2) is 0 Å². The van der Waals surface area contributed by atoms with E-state index in [2.05, 4.69) is 26.6 Å². The number of unbranched alkanes of at least 4 members (excludes halogenated alkanes) is 8. The molecular weight excluding hydrogens is 316 g/mol. The lowest BCUT2D eigenvalue weighted by atomic mass is 10.1. The minimum absolute atomic E-state index is 0.0892. The van der Waals surface area contributed by atoms with E-state index in [4.69, 9.17) is 9.15 Å². The number of hydrogen-bond acceptors (Lipinski definition) is 3. The molecule has 3 nitrogen and oxygen atoms in total. The van der Waals surface area contributed by atoms with Crippen LogP contribution in [0.15, 0.2) is 16.7 Å². The summed E-state index contributed by atoms with van der Waals surface area (Å²) in [5, 5.41) is 1.06. The molecule has 1 aromatic rings. The molecule has 0 amide bonds. The van der Waals surface area contributed by atoms with Gasteiger partial charge in [-0.05, 0) is 12.5 Å². The van der Waals surface area contributed by atoms with E-state index in [1.807, 2.05) is 6.07 Å². The molecule has 0 atom stereocenters. The summed E-state index contributed by atoms with van der Waals surface area (Å²) in [7, 11) is -1.42. The second kappa shape index (κ2) is 11.5. The third-order valence-electron chi connectivity index (χ3n) is 4.28. The summed E-state index contributed by atoms with van der Waals surface area (Å²) in [5.74, 6) is -0.0892. The van der Waals surface area contributed by atoms with Crippen LogP contribution in [0.4, 0.5) is 0 Å². The topological polar surface area (TPSA) is 39.4 Å². The van der Waals surface area contributed by atoms with E-state index in [1.165, 1.54) is 44.9 Å². The fourth-order valence-corrected chi connectivity index (χ4v) is 3.69. The summed E-state index contributed by atoms with van der Waals surface area (Å²) in [6, 6.07) is 2.04. The molecule has 1 aromatic heterocycles. The zero-order valence-corrected chi connectivity index (χ0v) is 17.2. The Bertz CT molecular complexity index is 460. The highest BCUT2D eigenvalue weighted by atomic mass is 28.3. The Morgan fingerprint density at radius 1 is 1.00 bits per heavy atom. The molecule has 0 radical (unpaired) electrons. The van der Waals surface area contributed by atoms with Crippen molar-refractivity contribution in [3.8, 4) is 0 Å². The van der Waals surface area contributed by atoms with Crippen LogP contribution in [0.5, 0.6) is 0 Å². The van der Waals surface area contributed by atoms with Crippen LogP contribution in [0.3, 0.4) is 0 Å². The molecule has 4 heteroatoms. The van der Waals surface area contributed by atoms with E-state index in [1.54, 1.807) is 6.26 Å². The Labute approximate surface area is 149 Å². The molecular formula is C20H36O3Si. The predicted octanol–water partition coefficient (Wildman–Crippen LogP) is 5.79. The van der Waals surface area contributed by atoms with Gasteiger partial charge in [0.2, 0.25) is 0 Å². The van der Waals surface area contributed by atoms with Gasteiger partial charge in [-0.15, -0.1) is 0 Å². The summed E-state index contributed by atoms with van der Waals surface area (Å²) in [5.41, 5.74) is 0.966. The first-order chi connectivity index (χ1) is 11.4. The average Bonchev–Trinajstić information content (AvgIpc) is 3.00. The molecule has 0 bridgehead atoms. The smallest absolute Gasteiger partial charge is 0.306 e. The lowest BCUT2D eigenvalue weighted by Gasteiger charge is -2.10. The number of ether oxygens (including phenoxy) is 1. The van der Waals surface area contributed by atoms with Crippen LogP contribution >= 0.6 is 0 Å². The largest absolute Gasteiger partial charge is 0.474 e. The number of carbonyl (C=O) groups is 1. The number of carbonyl (C=O) groups excluding carboxylic acids is 1. The number of esters is 1. The number of hydrogen-bond donors (Lipinski definition) is 0. The first-order valence-electron chi connectivity index (χ1n) is 9.67. The summed E-state index contributed by atoms with van der Waals surface area (Å²) in [4.78, 5) is 11.8. The molecule has 0 saturated carbocycles. The van der Waals surface area contributed by atoms with E-state index < -0.39 is 8.07 Å². The molecule has 0 unspecified atom stereocenters. The third-order valence-corrected chi connectivity index (χ3v) is 6.02. The average molecular weight is 353 g/mol. The summed E-state index contributed by atoms with van der Waals surface area (Å²) in [6.45, 7) is 9.31. The highest BCUT2D eigenvalue weighted by molar-refractivity contribution is 6.87. The predicted molar refractivity (Wildman–Crippen MR) is 103 cm³/mol. The van der Waals surface area contributed by atoms with Gasteiger partial charge in [-0.1, -0.05) is 77.9 Å². The number of furan rings is 1. The van der Waals surface area contributed by atoms with Crippen LogP contribution in [0.2, 0.25) is 19.6 Å². The van der Waals surface area contributed by atoms with E-state index in [9.17, 15) is 4.79 Å². The maximum atomic E-state index is 11.8. The maximum Gasteiger partial charge on any atom is 0.306 e. The van der Waals surface area contributed by atoms with Crippen molar-refractivity contribution in [3.63, 3.8) is 0 Å². The first kappa shape index (κ1) is 21.0. The molecule has 0 N–H and O–H groups in total. The Morgan fingerprint density at radius 2 is 1.58 bits per heavy atom. The van der Waals surface area contributed by atoms with Gasteiger partial charge >= 0.3 is 5.97 Å². The van der Waals surface area contributed by atoms with E-state index >= 15 is 0 Å². The zero-order valence-electron chi connectivity index (χ0n) is 16.2. The van der Waals surface area contributed by atoms with Crippen LogP contribution in [0.1, 0.15) is 76.7 Å². The molecule has 0 spiro atoms. The number of rotatable bonds is 13. The highest BCUT2D eigenvalue weighted by Crippen LogP contribution is 2.12. The molecule has 0 aliphatic carbocycles. The van der Waals surface area contributed by atoms with Crippen LogP contribution in [-0.2, 0) is 16.1 Å². The molecule has 1 rings (SSSR count). The van der Waals surface area contributed by atoms with Crippen molar-refractivity contribution in [2.24, 2.45) is 0 Å². The third kappa shape index (κ3) is 9.31. The van der Waals surface area contributed by atoms with Crippen LogP contribution < -0.4 is 5.38 Å². The van der Waals surface area contributed by atoms with Gasteiger partial charge in [-0.3, -0.25) is 4.79 Å². The molecule has 0 aliphatic heterocycles. The minimum atomic E-state index is -1.42. The van der Waals surface area contributed by atoms with Gasteiger partial charge in [-0.2, -0.15) is 0 Å². The second-order valence-electron chi connectivity index (χ2n) is 7.81. The van der Waals surface area contributed by atoms with Crippen molar-refractivity contribution < 1.29 is 13.9 Å². The Balaban J connectivity index is 2.03. The lowest BCUT2D eigenvalue weighted by Crippen LogP contribution is -2.36. The Morgan fingerprint density at radius 3 is 2.12 bits per heavy atom. The fraction of sp³-hybridized carbons (Fsp3) is 0.750. The summed E-state index contributed by atoms with van der Waals surface area (Å²) in [6.07, 6.45) is 13.6. The van der Waals surface area contributed by atoms with Crippen molar-refractivity contribution in [2.75, 3.05) is 0 Å². The van der Waals surface area contributed by atoms with Gasteiger partial charge in [0.05, 0.1) is 11.6 Å². The minimum Gasteiger partial charge on any atom is -0.474 e. The van der Waals surface area contributed by atoms with Crippen LogP contribution in [-0.4, -0.2) is 14.0 Å². The standard InChI is InChI=1S/C20H36O3Si/c1-5-6-7-8-9-10-11-12-13-14-19(21)22-16-18-15-20(23-17-18)24(2,3)4/h15,17H,5-14,16H2,1-4H3. The van der Waals surface area contributed by atoms with Crippen molar-refractivity contribution in [2.45, 2.75) is 97.4 Å². The van der Waals surface area contributed by atoms with Crippen molar-refractivity contribution in [1.82, 2.24) is 0 Å². The molecule has 0 saturated heterocycles. The van der Waals surface area contributed by atoms with Crippen molar-refractivity contribution >= 4 is 19.4 Å². The quantitative estimate of drug-likeness (QED) is 0.256. The van der Waals surface area contributed by atoms with E-state index in [0.717, 1.165) is 23.8 Å². The summed E-state index contributed by atoms with van der Waals surface area (Å²) < 4.78 is 10.9.